The maximum atomic E-state index is 10.3. The van der Waals surface area contributed by atoms with Gasteiger partial charge in [-0.25, -0.2) is 4.98 Å². The van der Waals surface area contributed by atoms with Crippen LogP contribution in [0.15, 0.2) is 12.3 Å². The molecule has 0 aliphatic heterocycles. The summed E-state index contributed by atoms with van der Waals surface area (Å²) < 4.78 is 5.19. The molecule has 0 saturated heterocycles. The zero-order valence-electron chi connectivity index (χ0n) is 10.2. The van der Waals surface area contributed by atoms with E-state index >= 15 is 0 Å². The number of carbonyl (C=O) groups is 1. The van der Waals surface area contributed by atoms with Crippen molar-refractivity contribution in [1.29, 1.82) is 0 Å². The fraction of sp³-hybridized carbons (Fsp3) is 0.500. The molecule has 0 atom stereocenters. The fourth-order valence-electron chi connectivity index (χ4n) is 1.29. The molecule has 0 radical (unpaired) electrons. The molecular formula is C12H16ClNO3. The molecule has 0 aliphatic carbocycles. The highest BCUT2D eigenvalue weighted by molar-refractivity contribution is 6.31. The maximum absolute atomic E-state index is 10.3. The zero-order valence-corrected chi connectivity index (χ0v) is 10.9. The third-order valence-corrected chi connectivity index (χ3v) is 2.51. The molecule has 1 aromatic rings. The van der Waals surface area contributed by atoms with Crippen LogP contribution in [0.5, 0.6) is 5.88 Å². The van der Waals surface area contributed by atoms with Crippen molar-refractivity contribution in [3.63, 3.8) is 0 Å². The topological polar surface area (TPSA) is 59.4 Å². The summed E-state index contributed by atoms with van der Waals surface area (Å²) in [4.78, 5) is 14.4. The Morgan fingerprint density at radius 1 is 1.53 bits per heavy atom. The number of carboxylic acids is 1. The second-order valence-corrected chi connectivity index (χ2v) is 5.15. The third kappa shape index (κ3) is 4.23. The van der Waals surface area contributed by atoms with Gasteiger partial charge < -0.3 is 9.84 Å². The number of rotatable bonds is 4. The lowest BCUT2D eigenvalue weighted by Gasteiger charge is -2.20. The summed E-state index contributed by atoms with van der Waals surface area (Å²) in [5, 5.41) is 9.05. The van der Waals surface area contributed by atoms with Crippen LogP contribution < -0.4 is 4.74 Å². The molecule has 94 valence electrons. The van der Waals surface area contributed by atoms with Crippen molar-refractivity contribution in [2.45, 2.75) is 32.6 Å². The monoisotopic (exact) mass is 257 g/mol. The Hall–Kier alpha value is -1.29. The van der Waals surface area contributed by atoms with Crippen molar-refractivity contribution < 1.29 is 14.6 Å². The first kappa shape index (κ1) is 13.8. The van der Waals surface area contributed by atoms with Gasteiger partial charge in [0, 0.05) is 12.3 Å². The van der Waals surface area contributed by atoms with Gasteiger partial charge in [-0.15, -0.1) is 0 Å². The van der Waals surface area contributed by atoms with Crippen molar-refractivity contribution in [1.82, 2.24) is 4.98 Å². The second kappa shape index (κ2) is 5.36. The molecule has 0 fully saturated rings. The van der Waals surface area contributed by atoms with E-state index in [0.717, 1.165) is 5.56 Å². The number of pyridine rings is 1. The first-order chi connectivity index (χ1) is 7.80. The number of carboxylic acid groups (broad SMARTS) is 1. The van der Waals surface area contributed by atoms with Crippen LogP contribution in [-0.2, 0) is 10.2 Å². The van der Waals surface area contributed by atoms with Crippen LogP contribution in [-0.4, -0.2) is 22.7 Å². The van der Waals surface area contributed by atoms with E-state index in [1.54, 1.807) is 12.3 Å². The van der Waals surface area contributed by atoms with E-state index in [9.17, 15) is 4.79 Å². The van der Waals surface area contributed by atoms with Crippen LogP contribution in [0.3, 0.4) is 0 Å². The van der Waals surface area contributed by atoms with Crippen LogP contribution in [0.1, 0.15) is 32.8 Å². The Kier molecular flexibility index (Phi) is 4.34. The molecule has 1 heterocycles. The molecule has 1 N–H and O–H groups in total. The second-order valence-electron chi connectivity index (χ2n) is 4.74. The first-order valence-electron chi connectivity index (χ1n) is 5.31. The SMILES string of the molecule is CC(C)(C)c1cnc(OCCC(=O)O)cc1Cl. The Labute approximate surface area is 106 Å². The normalized spacial score (nSPS) is 11.3. The predicted molar refractivity (Wildman–Crippen MR) is 65.7 cm³/mol. The quantitative estimate of drug-likeness (QED) is 0.901. The predicted octanol–water partition coefficient (Wildman–Crippen LogP) is 2.89. The Balaban J connectivity index is 2.72. The van der Waals surface area contributed by atoms with E-state index in [1.807, 2.05) is 20.8 Å². The number of ether oxygens (including phenoxy) is 1. The Morgan fingerprint density at radius 3 is 2.65 bits per heavy atom. The molecule has 0 aliphatic rings. The highest BCUT2D eigenvalue weighted by Gasteiger charge is 2.18. The lowest BCUT2D eigenvalue weighted by molar-refractivity contribution is -0.137. The minimum atomic E-state index is -0.901. The molecule has 0 saturated carbocycles. The smallest absolute Gasteiger partial charge is 0.306 e. The number of nitrogens with zero attached hydrogens (tertiary/aromatic N) is 1. The molecule has 17 heavy (non-hydrogen) atoms. The molecule has 0 unspecified atom stereocenters. The van der Waals surface area contributed by atoms with E-state index in [-0.39, 0.29) is 18.4 Å². The summed E-state index contributed by atoms with van der Waals surface area (Å²) in [7, 11) is 0. The fourth-order valence-corrected chi connectivity index (χ4v) is 1.71. The van der Waals surface area contributed by atoms with Crippen molar-refractivity contribution in [3.8, 4) is 5.88 Å². The number of hydrogen-bond donors (Lipinski definition) is 1. The third-order valence-electron chi connectivity index (χ3n) is 2.20. The zero-order chi connectivity index (χ0) is 13.1. The van der Waals surface area contributed by atoms with Gasteiger partial charge in [-0.2, -0.15) is 0 Å². The van der Waals surface area contributed by atoms with Gasteiger partial charge in [0.15, 0.2) is 0 Å². The minimum absolute atomic E-state index is 0.0552. The van der Waals surface area contributed by atoms with Crippen molar-refractivity contribution in [3.05, 3.63) is 22.8 Å². The molecule has 1 rings (SSSR count). The molecule has 5 heteroatoms. The van der Waals surface area contributed by atoms with E-state index < -0.39 is 5.97 Å². The van der Waals surface area contributed by atoms with Gasteiger partial charge in [-0.1, -0.05) is 32.4 Å². The maximum Gasteiger partial charge on any atom is 0.306 e. The molecule has 0 bridgehead atoms. The number of aliphatic carboxylic acids is 1. The van der Waals surface area contributed by atoms with Gasteiger partial charge in [0.1, 0.15) is 6.61 Å². The number of hydrogen-bond acceptors (Lipinski definition) is 3. The molecule has 1 aromatic heterocycles. The Morgan fingerprint density at radius 2 is 2.18 bits per heavy atom. The van der Waals surface area contributed by atoms with E-state index in [1.165, 1.54) is 0 Å². The highest BCUT2D eigenvalue weighted by Crippen LogP contribution is 2.30. The summed E-state index contributed by atoms with van der Waals surface area (Å²) in [6.07, 6.45) is 1.61. The summed E-state index contributed by atoms with van der Waals surface area (Å²) in [6.45, 7) is 6.22. The van der Waals surface area contributed by atoms with Crippen molar-refractivity contribution in [2.24, 2.45) is 0 Å². The molecule has 0 spiro atoms. The van der Waals surface area contributed by atoms with Gasteiger partial charge in [-0.3, -0.25) is 4.79 Å². The van der Waals surface area contributed by atoms with Gasteiger partial charge in [0.05, 0.1) is 11.4 Å². The largest absolute Gasteiger partial charge is 0.481 e. The average molecular weight is 258 g/mol. The summed E-state index contributed by atoms with van der Waals surface area (Å²) in [5.74, 6) is -0.549. The standard InChI is InChI=1S/C12H16ClNO3/c1-12(2,3)8-7-14-10(6-9(8)13)17-5-4-11(15)16/h6-7H,4-5H2,1-3H3,(H,15,16). The van der Waals surface area contributed by atoms with Crippen LogP contribution in [0.25, 0.3) is 0 Å². The minimum Gasteiger partial charge on any atom is -0.481 e. The number of halogens is 1. The molecule has 0 aromatic carbocycles. The van der Waals surface area contributed by atoms with Crippen LogP contribution in [0, 0.1) is 0 Å². The average Bonchev–Trinajstić information content (AvgIpc) is 2.14. The van der Waals surface area contributed by atoms with Crippen molar-refractivity contribution in [2.75, 3.05) is 6.61 Å². The number of aromatic nitrogens is 1. The van der Waals surface area contributed by atoms with Gasteiger partial charge in [0.25, 0.3) is 0 Å². The summed E-state index contributed by atoms with van der Waals surface area (Å²) in [5.41, 5.74) is 0.855. The van der Waals surface area contributed by atoms with E-state index in [4.69, 9.17) is 21.4 Å². The van der Waals surface area contributed by atoms with Crippen LogP contribution in [0.2, 0.25) is 5.02 Å². The van der Waals surface area contributed by atoms with Gasteiger partial charge in [-0.05, 0) is 11.0 Å². The molecule has 4 nitrogen and oxygen atoms in total. The van der Waals surface area contributed by atoms with E-state index in [2.05, 4.69) is 4.98 Å². The Bertz CT molecular complexity index is 413. The lowest BCUT2D eigenvalue weighted by Crippen LogP contribution is -2.13. The summed E-state index contributed by atoms with van der Waals surface area (Å²) in [6, 6.07) is 1.62. The van der Waals surface area contributed by atoms with E-state index in [0.29, 0.717) is 10.9 Å². The highest BCUT2D eigenvalue weighted by atomic mass is 35.5. The van der Waals surface area contributed by atoms with Crippen LogP contribution in [0.4, 0.5) is 0 Å². The van der Waals surface area contributed by atoms with Gasteiger partial charge in [0.2, 0.25) is 5.88 Å². The lowest BCUT2D eigenvalue weighted by atomic mass is 9.88. The van der Waals surface area contributed by atoms with Gasteiger partial charge >= 0.3 is 5.97 Å². The van der Waals surface area contributed by atoms with Crippen LogP contribution >= 0.6 is 11.6 Å². The first-order valence-corrected chi connectivity index (χ1v) is 5.69. The van der Waals surface area contributed by atoms with Crippen molar-refractivity contribution >= 4 is 17.6 Å². The molecular weight excluding hydrogens is 242 g/mol. The summed E-state index contributed by atoms with van der Waals surface area (Å²) >= 11 is 6.12. The molecule has 0 amide bonds.